The molecule has 1 aromatic carbocycles. The van der Waals surface area contributed by atoms with Crippen molar-refractivity contribution in [2.45, 2.75) is 20.3 Å². The average molecular weight is 290 g/mol. The van der Waals surface area contributed by atoms with Crippen LogP contribution in [-0.4, -0.2) is 30.2 Å². The van der Waals surface area contributed by atoms with E-state index in [9.17, 15) is 9.59 Å². The zero-order valence-corrected chi connectivity index (χ0v) is 12.1. The Hall–Kier alpha value is -2.37. The molecule has 21 heavy (non-hydrogen) atoms. The van der Waals surface area contributed by atoms with Crippen molar-refractivity contribution >= 4 is 22.8 Å². The fraction of sp³-hybridized carbons (Fsp3) is 0.400. The molecule has 6 heteroatoms. The largest absolute Gasteiger partial charge is 0.455 e. The van der Waals surface area contributed by atoms with Gasteiger partial charge in [0.15, 0.2) is 12.2 Å². The first kappa shape index (κ1) is 15.0. The third-order valence-electron chi connectivity index (χ3n) is 2.84. The molecule has 6 nitrogen and oxygen atoms in total. The second-order valence-corrected chi connectivity index (χ2v) is 5.16. The van der Waals surface area contributed by atoms with Gasteiger partial charge < -0.3 is 14.6 Å². The SMILES string of the molecule is CC(C)CNC(=O)COC(=O)Cc1noc2ccccc12. The molecule has 1 amide bonds. The van der Waals surface area contributed by atoms with Crippen LogP contribution in [-0.2, 0) is 20.7 Å². The number of esters is 1. The number of fused-ring (bicyclic) bond motifs is 1. The number of carbonyl (C=O) groups excluding carboxylic acids is 2. The first-order valence-corrected chi connectivity index (χ1v) is 6.82. The summed E-state index contributed by atoms with van der Waals surface area (Å²) in [6, 6.07) is 7.27. The number of nitrogens with zero attached hydrogens (tertiary/aromatic N) is 1. The van der Waals surface area contributed by atoms with Crippen LogP contribution in [0.15, 0.2) is 28.8 Å². The van der Waals surface area contributed by atoms with E-state index in [1.807, 2.05) is 32.0 Å². The van der Waals surface area contributed by atoms with Crippen molar-refractivity contribution in [1.29, 1.82) is 0 Å². The van der Waals surface area contributed by atoms with Gasteiger partial charge in [-0.1, -0.05) is 31.1 Å². The lowest BCUT2D eigenvalue weighted by Crippen LogP contribution is -2.31. The molecule has 0 saturated carbocycles. The van der Waals surface area contributed by atoms with E-state index in [1.54, 1.807) is 6.07 Å². The third kappa shape index (κ3) is 4.30. The van der Waals surface area contributed by atoms with Gasteiger partial charge >= 0.3 is 5.97 Å². The number of hydrogen-bond acceptors (Lipinski definition) is 5. The van der Waals surface area contributed by atoms with Gasteiger partial charge in [0.2, 0.25) is 0 Å². The van der Waals surface area contributed by atoms with Crippen molar-refractivity contribution in [3.05, 3.63) is 30.0 Å². The average Bonchev–Trinajstić information content (AvgIpc) is 2.86. The maximum Gasteiger partial charge on any atom is 0.312 e. The lowest BCUT2D eigenvalue weighted by molar-refractivity contribution is -0.147. The van der Waals surface area contributed by atoms with E-state index in [0.29, 0.717) is 23.7 Å². The molecule has 0 saturated heterocycles. The molecule has 0 aliphatic rings. The number of hydrogen-bond donors (Lipinski definition) is 1. The summed E-state index contributed by atoms with van der Waals surface area (Å²) in [4.78, 5) is 23.2. The Morgan fingerprint density at radius 3 is 2.86 bits per heavy atom. The summed E-state index contributed by atoms with van der Waals surface area (Å²) >= 11 is 0. The van der Waals surface area contributed by atoms with Gasteiger partial charge in [-0.05, 0) is 18.1 Å². The molecular formula is C15H18N2O4. The van der Waals surface area contributed by atoms with E-state index in [2.05, 4.69) is 10.5 Å². The molecule has 1 aromatic heterocycles. The molecule has 1 N–H and O–H groups in total. The molecule has 2 aromatic rings. The normalized spacial score (nSPS) is 10.8. The molecule has 1 heterocycles. The maximum atomic E-state index is 11.7. The Labute approximate surface area is 122 Å². The lowest BCUT2D eigenvalue weighted by atomic mass is 10.2. The highest BCUT2D eigenvalue weighted by atomic mass is 16.5. The van der Waals surface area contributed by atoms with Gasteiger partial charge in [0.1, 0.15) is 5.69 Å². The summed E-state index contributed by atoms with van der Waals surface area (Å²) in [6.45, 7) is 4.26. The predicted octanol–water partition coefficient (Wildman–Crippen LogP) is 1.69. The van der Waals surface area contributed by atoms with Crippen LogP contribution in [0.4, 0.5) is 0 Å². The van der Waals surface area contributed by atoms with Gasteiger partial charge in [-0.15, -0.1) is 0 Å². The van der Waals surface area contributed by atoms with Gasteiger partial charge in [0.05, 0.1) is 6.42 Å². The van der Waals surface area contributed by atoms with Crippen molar-refractivity contribution in [2.24, 2.45) is 5.92 Å². The zero-order chi connectivity index (χ0) is 15.2. The van der Waals surface area contributed by atoms with E-state index in [0.717, 1.165) is 5.39 Å². The summed E-state index contributed by atoms with van der Waals surface area (Å²) in [5, 5.41) is 7.30. The number of rotatable bonds is 6. The van der Waals surface area contributed by atoms with E-state index in [1.165, 1.54) is 0 Å². The molecule has 0 radical (unpaired) electrons. The summed E-state index contributed by atoms with van der Waals surface area (Å²) in [7, 11) is 0. The van der Waals surface area contributed by atoms with Crippen LogP contribution in [0, 0.1) is 5.92 Å². The molecule has 0 aliphatic heterocycles. The number of ether oxygens (including phenoxy) is 1. The summed E-state index contributed by atoms with van der Waals surface area (Å²) in [5.74, 6) is -0.457. The fourth-order valence-corrected chi connectivity index (χ4v) is 1.77. The van der Waals surface area contributed by atoms with Crippen LogP contribution in [0.3, 0.4) is 0 Å². The molecule has 0 spiro atoms. The molecule has 0 unspecified atom stereocenters. The topological polar surface area (TPSA) is 81.4 Å². The van der Waals surface area contributed by atoms with E-state index >= 15 is 0 Å². The van der Waals surface area contributed by atoms with Gasteiger partial charge in [0, 0.05) is 11.9 Å². The first-order chi connectivity index (χ1) is 10.1. The molecule has 0 aliphatic carbocycles. The second-order valence-electron chi connectivity index (χ2n) is 5.16. The lowest BCUT2D eigenvalue weighted by Gasteiger charge is -2.07. The van der Waals surface area contributed by atoms with Crippen LogP contribution in [0.2, 0.25) is 0 Å². The van der Waals surface area contributed by atoms with Crippen LogP contribution >= 0.6 is 0 Å². The zero-order valence-electron chi connectivity index (χ0n) is 12.1. The van der Waals surface area contributed by atoms with Crippen molar-refractivity contribution in [3.8, 4) is 0 Å². The summed E-state index contributed by atoms with van der Waals surface area (Å²) in [6.07, 6.45) is -0.0194. The van der Waals surface area contributed by atoms with Crippen LogP contribution in [0.5, 0.6) is 0 Å². The first-order valence-electron chi connectivity index (χ1n) is 6.82. The van der Waals surface area contributed by atoms with Crippen LogP contribution < -0.4 is 5.32 Å². The molecule has 0 fully saturated rings. The summed E-state index contributed by atoms with van der Waals surface area (Å²) in [5.41, 5.74) is 1.13. The minimum atomic E-state index is -0.506. The van der Waals surface area contributed by atoms with E-state index < -0.39 is 5.97 Å². The Balaban J connectivity index is 1.83. The number of para-hydroxylation sites is 1. The maximum absolute atomic E-state index is 11.7. The quantitative estimate of drug-likeness (QED) is 0.819. The Morgan fingerprint density at radius 1 is 1.33 bits per heavy atom. The van der Waals surface area contributed by atoms with E-state index in [-0.39, 0.29) is 18.9 Å². The minimum absolute atomic E-state index is 0.0194. The molecular weight excluding hydrogens is 272 g/mol. The second kappa shape index (κ2) is 6.88. The summed E-state index contributed by atoms with van der Waals surface area (Å²) < 4.78 is 10.0. The predicted molar refractivity (Wildman–Crippen MR) is 76.5 cm³/mol. The monoisotopic (exact) mass is 290 g/mol. The van der Waals surface area contributed by atoms with Crippen LogP contribution in [0.1, 0.15) is 19.5 Å². The van der Waals surface area contributed by atoms with Crippen molar-refractivity contribution < 1.29 is 18.8 Å². The van der Waals surface area contributed by atoms with Gasteiger partial charge in [-0.3, -0.25) is 9.59 Å². The molecule has 2 rings (SSSR count). The number of benzene rings is 1. The fourth-order valence-electron chi connectivity index (χ4n) is 1.77. The van der Waals surface area contributed by atoms with Crippen molar-refractivity contribution in [3.63, 3.8) is 0 Å². The smallest absolute Gasteiger partial charge is 0.312 e. The standard InChI is InChI=1S/C15H18N2O4/c1-10(2)8-16-14(18)9-20-15(19)7-12-11-5-3-4-6-13(11)21-17-12/h3-6,10H,7-9H2,1-2H3,(H,16,18). The molecule has 0 bridgehead atoms. The number of amides is 1. The minimum Gasteiger partial charge on any atom is -0.455 e. The van der Waals surface area contributed by atoms with Crippen molar-refractivity contribution in [1.82, 2.24) is 10.5 Å². The highest BCUT2D eigenvalue weighted by molar-refractivity contribution is 5.85. The van der Waals surface area contributed by atoms with Gasteiger partial charge in [0.25, 0.3) is 5.91 Å². The molecule has 0 atom stereocenters. The molecule has 112 valence electrons. The Bertz CT molecular complexity index is 633. The van der Waals surface area contributed by atoms with Gasteiger partial charge in [-0.2, -0.15) is 0 Å². The van der Waals surface area contributed by atoms with Gasteiger partial charge in [-0.25, -0.2) is 0 Å². The highest BCUT2D eigenvalue weighted by Gasteiger charge is 2.14. The van der Waals surface area contributed by atoms with E-state index in [4.69, 9.17) is 9.26 Å². The number of carbonyl (C=O) groups is 2. The third-order valence-corrected chi connectivity index (χ3v) is 2.84. The van der Waals surface area contributed by atoms with Crippen LogP contribution in [0.25, 0.3) is 11.0 Å². The Morgan fingerprint density at radius 2 is 2.10 bits per heavy atom. The highest BCUT2D eigenvalue weighted by Crippen LogP contribution is 2.18. The van der Waals surface area contributed by atoms with Crippen molar-refractivity contribution in [2.75, 3.05) is 13.2 Å². The number of aromatic nitrogens is 1. The Kier molecular flexibility index (Phi) is 4.92. The number of nitrogens with one attached hydrogen (secondary N) is 1.